The average molecular weight is 275 g/mol. The highest BCUT2D eigenvalue weighted by Crippen LogP contribution is 1.75. The van der Waals surface area contributed by atoms with Crippen molar-refractivity contribution in [1.82, 2.24) is 10.6 Å². The van der Waals surface area contributed by atoms with E-state index in [0.29, 0.717) is 13.1 Å². The molecule has 0 bridgehead atoms. The zero-order chi connectivity index (χ0) is 11.1. The van der Waals surface area contributed by atoms with Crippen LogP contribution in [0.2, 0.25) is 0 Å². The number of carbonyl (C=O) groups is 2. The number of amides is 2. The maximum Gasteiger partial charge on any atom is 0.236 e. The summed E-state index contributed by atoms with van der Waals surface area (Å²) in [6, 6.07) is -1.06. The van der Waals surface area contributed by atoms with Crippen molar-refractivity contribution in [2.75, 3.05) is 13.1 Å². The van der Waals surface area contributed by atoms with Crippen LogP contribution in [0.4, 0.5) is 0 Å². The second-order valence-electron chi connectivity index (χ2n) is 3.16. The number of nitrogens with one attached hydrogen (secondary N) is 2. The summed E-state index contributed by atoms with van der Waals surface area (Å²) in [7, 11) is 0. The number of hydrogen-bond donors (Lipinski definition) is 4. The number of carbonyl (C=O) groups excluding carboxylic acids is 2. The highest BCUT2D eigenvalue weighted by atomic mass is 35.5. The van der Waals surface area contributed by atoms with Crippen LogP contribution in [0.1, 0.15) is 13.8 Å². The second kappa shape index (κ2) is 10.9. The Kier molecular flexibility index (Phi) is 14.2. The monoisotopic (exact) mass is 274 g/mol. The zero-order valence-corrected chi connectivity index (χ0v) is 11.0. The van der Waals surface area contributed by atoms with E-state index in [0.717, 1.165) is 0 Å². The van der Waals surface area contributed by atoms with Crippen molar-refractivity contribution in [2.45, 2.75) is 25.9 Å². The Morgan fingerprint density at radius 3 is 1.38 bits per heavy atom. The lowest BCUT2D eigenvalue weighted by Crippen LogP contribution is -2.44. The minimum Gasteiger partial charge on any atom is -0.353 e. The largest absolute Gasteiger partial charge is 0.353 e. The van der Waals surface area contributed by atoms with E-state index >= 15 is 0 Å². The molecule has 6 nitrogen and oxygen atoms in total. The molecule has 0 saturated carbocycles. The predicted molar refractivity (Wildman–Crippen MR) is 67.8 cm³/mol. The van der Waals surface area contributed by atoms with Gasteiger partial charge in [0.15, 0.2) is 0 Å². The molecule has 0 aliphatic rings. The van der Waals surface area contributed by atoms with Crippen molar-refractivity contribution in [3.05, 3.63) is 0 Å². The van der Waals surface area contributed by atoms with Crippen LogP contribution in [0.15, 0.2) is 0 Å². The third kappa shape index (κ3) is 9.97. The smallest absolute Gasteiger partial charge is 0.236 e. The first-order valence-corrected chi connectivity index (χ1v) is 4.51. The maximum absolute atomic E-state index is 10.9. The van der Waals surface area contributed by atoms with E-state index in [9.17, 15) is 9.59 Å². The van der Waals surface area contributed by atoms with Crippen molar-refractivity contribution in [3.8, 4) is 0 Å². The number of halogens is 2. The summed E-state index contributed by atoms with van der Waals surface area (Å²) in [5.74, 6) is -0.472. The Morgan fingerprint density at radius 1 is 0.938 bits per heavy atom. The molecule has 0 spiro atoms. The van der Waals surface area contributed by atoms with Crippen LogP contribution in [-0.2, 0) is 9.59 Å². The summed E-state index contributed by atoms with van der Waals surface area (Å²) in [4.78, 5) is 21.9. The molecule has 0 aromatic carbocycles. The van der Waals surface area contributed by atoms with Gasteiger partial charge in [-0.1, -0.05) is 0 Å². The molecule has 0 rings (SSSR count). The Bertz CT molecular complexity index is 190. The van der Waals surface area contributed by atoms with Gasteiger partial charge in [0.25, 0.3) is 0 Å². The standard InChI is InChI=1S/C8H18N4O2.2ClH/c1-5(9)7(13)11-3-4-12-8(14)6(2)10;;/h5-6H,3-4,9-10H2,1-2H3,(H,11,13)(H,12,14);2*1H/t5-,6-;;/m0../s1. The van der Waals surface area contributed by atoms with Gasteiger partial charge in [-0.3, -0.25) is 9.59 Å². The SMILES string of the molecule is C[C@H](N)C(=O)NCCNC(=O)[C@H](C)N.Cl.Cl. The normalized spacial score (nSPS) is 12.5. The van der Waals surface area contributed by atoms with Crippen molar-refractivity contribution < 1.29 is 9.59 Å². The lowest BCUT2D eigenvalue weighted by atomic mass is 10.3. The van der Waals surface area contributed by atoms with E-state index in [1.54, 1.807) is 13.8 Å². The van der Waals surface area contributed by atoms with Crippen LogP contribution >= 0.6 is 24.8 Å². The number of rotatable bonds is 5. The lowest BCUT2D eigenvalue weighted by molar-refractivity contribution is -0.123. The van der Waals surface area contributed by atoms with Gasteiger partial charge in [0, 0.05) is 13.1 Å². The molecule has 16 heavy (non-hydrogen) atoms. The van der Waals surface area contributed by atoms with Gasteiger partial charge in [-0.25, -0.2) is 0 Å². The van der Waals surface area contributed by atoms with Gasteiger partial charge in [0.05, 0.1) is 12.1 Å². The molecular weight excluding hydrogens is 255 g/mol. The molecule has 0 aromatic heterocycles. The van der Waals surface area contributed by atoms with Crippen molar-refractivity contribution >= 4 is 36.6 Å². The van der Waals surface area contributed by atoms with E-state index in [2.05, 4.69) is 10.6 Å². The van der Waals surface area contributed by atoms with E-state index in [1.165, 1.54) is 0 Å². The van der Waals surface area contributed by atoms with Crippen LogP contribution < -0.4 is 22.1 Å². The van der Waals surface area contributed by atoms with E-state index in [4.69, 9.17) is 11.5 Å². The summed E-state index contributed by atoms with van der Waals surface area (Å²) in [6.45, 7) is 3.91. The van der Waals surface area contributed by atoms with E-state index in [1.807, 2.05) is 0 Å². The summed E-state index contributed by atoms with van der Waals surface area (Å²) < 4.78 is 0. The molecule has 0 heterocycles. The van der Waals surface area contributed by atoms with Crippen LogP contribution in [0.5, 0.6) is 0 Å². The number of hydrogen-bond acceptors (Lipinski definition) is 4. The number of nitrogens with two attached hydrogens (primary N) is 2. The van der Waals surface area contributed by atoms with Gasteiger partial charge in [0.2, 0.25) is 11.8 Å². The fraction of sp³-hybridized carbons (Fsp3) is 0.750. The fourth-order valence-corrected chi connectivity index (χ4v) is 0.693. The third-order valence-corrected chi connectivity index (χ3v) is 1.55. The van der Waals surface area contributed by atoms with Gasteiger partial charge in [-0.15, -0.1) is 24.8 Å². The summed E-state index contributed by atoms with van der Waals surface area (Å²) in [6.07, 6.45) is 0. The minimum absolute atomic E-state index is 0. The minimum atomic E-state index is -0.529. The molecule has 2 amide bonds. The van der Waals surface area contributed by atoms with Gasteiger partial charge < -0.3 is 22.1 Å². The predicted octanol–water partition coefficient (Wildman–Crippen LogP) is -1.24. The topological polar surface area (TPSA) is 110 Å². The molecule has 98 valence electrons. The molecule has 0 aliphatic heterocycles. The molecule has 8 heteroatoms. The van der Waals surface area contributed by atoms with E-state index < -0.39 is 12.1 Å². The average Bonchev–Trinajstić information content (AvgIpc) is 2.11. The highest BCUT2D eigenvalue weighted by Gasteiger charge is 2.07. The lowest BCUT2D eigenvalue weighted by Gasteiger charge is -2.09. The van der Waals surface area contributed by atoms with Gasteiger partial charge >= 0.3 is 0 Å². The molecule has 0 saturated heterocycles. The Balaban J connectivity index is -0.000000845. The van der Waals surface area contributed by atoms with Crippen LogP contribution in [-0.4, -0.2) is 37.0 Å². The zero-order valence-electron chi connectivity index (χ0n) is 9.36. The maximum atomic E-state index is 10.9. The molecule has 0 unspecified atom stereocenters. The van der Waals surface area contributed by atoms with Crippen molar-refractivity contribution in [3.63, 3.8) is 0 Å². The molecule has 2 atom stereocenters. The molecule has 0 aliphatic carbocycles. The molecule has 6 N–H and O–H groups in total. The molecule has 0 radical (unpaired) electrons. The second-order valence-corrected chi connectivity index (χ2v) is 3.16. The first kappa shape index (κ1) is 20.8. The third-order valence-electron chi connectivity index (χ3n) is 1.55. The fourth-order valence-electron chi connectivity index (χ4n) is 0.693. The van der Waals surface area contributed by atoms with Crippen molar-refractivity contribution in [2.24, 2.45) is 11.5 Å². The highest BCUT2D eigenvalue weighted by molar-refractivity contribution is 5.85. The molecule has 0 fully saturated rings. The summed E-state index contributed by atoms with van der Waals surface area (Å²) >= 11 is 0. The summed E-state index contributed by atoms with van der Waals surface area (Å²) in [5, 5.41) is 5.11. The first-order chi connectivity index (χ1) is 6.45. The summed E-state index contributed by atoms with van der Waals surface area (Å²) in [5.41, 5.74) is 10.6. The Labute approximate surface area is 108 Å². The molecular formula is C8H20Cl2N4O2. The molecule has 0 aromatic rings. The Morgan fingerprint density at radius 2 is 1.19 bits per heavy atom. The van der Waals surface area contributed by atoms with Crippen LogP contribution in [0.25, 0.3) is 0 Å². The van der Waals surface area contributed by atoms with Gasteiger partial charge in [0.1, 0.15) is 0 Å². The first-order valence-electron chi connectivity index (χ1n) is 4.51. The van der Waals surface area contributed by atoms with Crippen molar-refractivity contribution in [1.29, 1.82) is 0 Å². The quantitative estimate of drug-likeness (QED) is 0.470. The van der Waals surface area contributed by atoms with Crippen LogP contribution in [0, 0.1) is 0 Å². The van der Waals surface area contributed by atoms with Gasteiger partial charge in [-0.05, 0) is 13.8 Å². The Hall–Kier alpha value is -0.560. The van der Waals surface area contributed by atoms with Gasteiger partial charge in [-0.2, -0.15) is 0 Å². The van der Waals surface area contributed by atoms with E-state index in [-0.39, 0.29) is 36.6 Å². The van der Waals surface area contributed by atoms with Crippen LogP contribution in [0.3, 0.4) is 0 Å².